The van der Waals surface area contributed by atoms with Crippen LogP contribution in [-0.4, -0.2) is 26.5 Å². The molecule has 2 aromatic carbocycles. The van der Waals surface area contributed by atoms with Crippen LogP contribution in [0.4, 0.5) is 0 Å². The number of nitrogens with one attached hydrogen (secondary N) is 1. The molecule has 7 heteroatoms. The first kappa shape index (κ1) is 18.7. The minimum absolute atomic E-state index is 0.310. The molecule has 2 heterocycles. The topological polar surface area (TPSA) is 64.2 Å². The normalized spacial score (nSPS) is 11.1. The van der Waals surface area contributed by atoms with Gasteiger partial charge in [-0.3, -0.25) is 4.79 Å². The Hall–Kier alpha value is -3.64. The zero-order valence-corrected chi connectivity index (χ0v) is 16.4. The number of carbonyl (C=O) groups is 1. The number of hydrogen-bond donors (Lipinski definition) is 1. The number of aromatic nitrogens is 3. The highest BCUT2D eigenvalue weighted by molar-refractivity contribution is 6.32. The van der Waals surface area contributed by atoms with Gasteiger partial charge in [-0.15, -0.1) is 0 Å². The van der Waals surface area contributed by atoms with Crippen LogP contribution in [0.5, 0.6) is 0 Å². The number of benzene rings is 2. The summed E-state index contributed by atoms with van der Waals surface area (Å²) in [7, 11) is 0. The smallest absolute Gasteiger partial charge is 0.273 e. The first-order chi connectivity index (χ1) is 14.1. The minimum Gasteiger partial charge on any atom is -0.323 e. The molecule has 0 radical (unpaired) electrons. The fourth-order valence-electron chi connectivity index (χ4n) is 3.00. The first-order valence-corrected chi connectivity index (χ1v) is 9.39. The third kappa shape index (κ3) is 3.83. The van der Waals surface area contributed by atoms with Crippen LogP contribution in [0.2, 0.25) is 5.15 Å². The second kappa shape index (κ2) is 8.16. The number of nitrogens with zero attached hydrogens (tertiary/aromatic N) is 4. The van der Waals surface area contributed by atoms with E-state index in [0.29, 0.717) is 22.0 Å². The molecule has 0 aliphatic carbocycles. The highest BCUT2D eigenvalue weighted by Crippen LogP contribution is 2.22. The third-order valence-electron chi connectivity index (χ3n) is 4.44. The van der Waals surface area contributed by atoms with Gasteiger partial charge in [0.25, 0.3) is 5.91 Å². The van der Waals surface area contributed by atoms with Gasteiger partial charge in [0.1, 0.15) is 5.15 Å². The predicted octanol–water partition coefficient (Wildman–Crippen LogP) is 4.39. The average Bonchev–Trinajstić information content (AvgIpc) is 3.38. The average molecular weight is 404 g/mol. The third-order valence-corrected chi connectivity index (χ3v) is 4.80. The van der Waals surface area contributed by atoms with Crippen molar-refractivity contribution in [3.05, 3.63) is 101 Å². The number of amides is 1. The molecule has 0 bridgehead atoms. The highest BCUT2D eigenvalue weighted by atomic mass is 35.5. The molecule has 0 unspecified atom stereocenters. The van der Waals surface area contributed by atoms with Crippen molar-refractivity contribution in [2.75, 3.05) is 0 Å². The quantitative estimate of drug-likeness (QED) is 0.397. The second-order valence-corrected chi connectivity index (χ2v) is 6.70. The lowest BCUT2D eigenvalue weighted by molar-refractivity contribution is 0.0955. The Bertz CT molecular complexity index is 1160. The predicted molar refractivity (Wildman–Crippen MR) is 114 cm³/mol. The summed E-state index contributed by atoms with van der Waals surface area (Å²) < 4.78 is 3.52. The fraction of sp³-hybridized carbons (Fsp3) is 0.0455. The lowest BCUT2D eigenvalue weighted by atomic mass is 10.1. The minimum atomic E-state index is -0.310. The maximum absolute atomic E-state index is 12.7. The van der Waals surface area contributed by atoms with E-state index in [1.165, 1.54) is 6.21 Å². The van der Waals surface area contributed by atoms with Crippen LogP contribution < -0.4 is 5.43 Å². The van der Waals surface area contributed by atoms with Crippen LogP contribution in [0.1, 0.15) is 21.6 Å². The summed E-state index contributed by atoms with van der Waals surface area (Å²) >= 11 is 6.48. The maximum atomic E-state index is 12.7. The molecule has 1 amide bonds. The first-order valence-electron chi connectivity index (χ1n) is 9.01. The van der Waals surface area contributed by atoms with Gasteiger partial charge in [0, 0.05) is 12.4 Å². The van der Waals surface area contributed by atoms with E-state index in [1.54, 1.807) is 10.7 Å². The van der Waals surface area contributed by atoms with Gasteiger partial charge in [-0.1, -0.05) is 41.9 Å². The molecule has 2 aromatic heterocycles. The van der Waals surface area contributed by atoms with Gasteiger partial charge < -0.3 is 4.57 Å². The van der Waals surface area contributed by atoms with Gasteiger partial charge in [0.2, 0.25) is 0 Å². The zero-order chi connectivity index (χ0) is 20.2. The molecule has 0 saturated heterocycles. The van der Waals surface area contributed by atoms with Crippen LogP contribution in [0.3, 0.4) is 0 Å². The van der Waals surface area contributed by atoms with Gasteiger partial charge in [-0.25, -0.2) is 10.1 Å². The monoisotopic (exact) mass is 403 g/mol. The van der Waals surface area contributed by atoms with Gasteiger partial charge in [0.05, 0.1) is 34.4 Å². The Labute approximate surface area is 173 Å². The molecular formula is C22H18ClN5O. The summed E-state index contributed by atoms with van der Waals surface area (Å²) in [4.78, 5) is 12.7. The molecule has 4 aromatic rings. The number of para-hydroxylation sites is 2. The van der Waals surface area contributed by atoms with Crippen LogP contribution in [-0.2, 0) is 0 Å². The van der Waals surface area contributed by atoms with E-state index in [9.17, 15) is 4.79 Å². The Balaban J connectivity index is 1.55. The van der Waals surface area contributed by atoms with Gasteiger partial charge >= 0.3 is 0 Å². The van der Waals surface area contributed by atoms with Gasteiger partial charge in [-0.05, 0) is 43.3 Å². The van der Waals surface area contributed by atoms with E-state index >= 15 is 0 Å². The van der Waals surface area contributed by atoms with E-state index in [-0.39, 0.29) is 5.91 Å². The summed E-state index contributed by atoms with van der Waals surface area (Å²) in [6, 6.07) is 20.7. The van der Waals surface area contributed by atoms with Crippen molar-refractivity contribution < 1.29 is 4.79 Å². The summed E-state index contributed by atoms with van der Waals surface area (Å²) in [6.07, 6.45) is 5.28. The Morgan fingerprint density at radius 2 is 1.72 bits per heavy atom. The molecule has 0 spiro atoms. The number of aryl methyl sites for hydroxylation is 1. The maximum Gasteiger partial charge on any atom is 0.273 e. The van der Waals surface area contributed by atoms with Crippen molar-refractivity contribution in [3.8, 4) is 11.4 Å². The van der Waals surface area contributed by atoms with Gasteiger partial charge in [-0.2, -0.15) is 10.2 Å². The van der Waals surface area contributed by atoms with Crippen molar-refractivity contribution in [2.24, 2.45) is 5.10 Å². The van der Waals surface area contributed by atoms with E-state index in [4.69, 9.17) is 11.6 Å². The van der Waals surface area contributed by atoms with Crippen molar-refractivity contribution in [1.29, 1.82) is 0 Å². The lowest BCUT2D eigenvalue weighted by Gasteiger charge is -2.08. The van der Waals surface area contributed by atoms with E-state index in [1.807, 2.05) is 84.5 Å². The van der Waals surface area contributed by atoms with Crippen LogP contribution in [0.25, 0.3) is 11.4 Å². The molecule has 29 heavy (non-hydrogen) atoms. The molecule has 0 saturated carbocycles. The molecule has 6 nitrogen and oxygen atoms in total. The number of carbonyl (C=O) groups excluding carboxylic acids is 1. The Morgan fingerprint density at radius 3 is 2.48 bits per heavy atom. The molecule has 0 fully saturated rings. The molecular weight excluding hydrogens is 386 g/mol. The number of hydrazone groups is 1. The van der Waals surface area contributed by atoms with Crippen LogP contribution in [0.15, 0.2) is 84.2 Å². The summed E-state index contributed by atoms with van der Waals surface area (Å²) in [5, 5.41) is 8.99. The van der Waals surface area contributed by atoms with Crippen LogP contribution >= 0.6 is 11.6 Å². The van der Waals surface area contributed by atoms with E-state index in [2.05, 4.69) is 15.6 Å². The largest absolute Gasteiger partial charge is 0.323 e. The molecule has 144 valence electrons. The van der Waals surface area contributed by atoms with Crippen molar-refractivity contribution in [1.82, 2.24) is 19.8 Å². The fourth-order valence-corrected chi connectivity index (χ4v) is 3.32. The lowest BCUT2D eigenvalue weighted by Crippen LogP contribution is -2.19. The molecule has 0 aliphatic heterocycles. The number of halogens is 1. The number of hydrogen-bond acceptors (Lipinski definition) is 3. The summed E-state index contributed by atoms with van der Waals surface area (Å²) in [6.45, 7) is 1.84. The molecule has 4 rings (SSSR count). The standard InChI is InChI=1S/C22H18ClN5O/c1-16-19(21(23)28(26-16)17-9-3-2-4-10-17)15-24-25-22(29)18-11-5-6-12-20(18)27-13-7-8-14-27/h2-15H,1H3,(H,25,29)/b24-15+. The molecule has 0 atom stereocenters. The SMILES string of the molecule is Cc1nn(-c2ccccc2)c(Cl)c1/C=N/NC(=O)c1ccccc1-n1cccc1. The summed E-state index contributed by atoms with van der Waals surface area (Å²) in [5.41, 5.74) is 6.08. The zero-order valence-electron chi connectivity index (χ0n) is 15.7. The summed E-state index contributed by atoms with van der Waals surface area (Å²) in [5.74, 6) is -0.310. The number of rotatable bonds is 5. The van der Waals surface area contributed by atoms with Crippen molar-refractivity contribution >= 4 is 23.7 Å². The Morgan fingerprint density at radius 1 is 1.03 bits per heavy atom. The van der Waals surface area contributed by atoms with E-state index < -0.39 is 0 Å². The van der Waals surface area contributed by atoms with E-state index in [0.717, 1.165) is 11.4 Å². The molecule has 0 aliphatic rings. The van der Waals surface area contributed by atoms with Crippen molar-refractivity contribution in [3.63, 3.8) is 0 Å². The van der Waals surface area contributed by atoms with Gasteiger partial charge in [0.15, 0.2) is 0 Å². The molecule has 1 N–H and O–H groups in total. The van der Waals surface area contributed by atoms with Crippen molar-refractivity contribution in [2.45, 2.75) is 6.92 Å². The highest BCUT2D eigenvalue weighted by Gasteiger charge is 2.14. The second-order valence-electron chi connectivity index (χ2n) is 6.34. The van der Waals surface area contributed by atoms with Crippen LogP contribution in [0, 0.1) is 6.92 Å². The Kier molecular flexibility index (Phi) is 5.27.